The summed E-state index contributed by atoms with van der Waals surface area (Å²) in [5, 5.41) is 8.57. The fourth-order valence-corrected chi connectivity index (χ4v) is 3.36. The van der Waals surface area contributed by atoms with E-state index in [1.165, 1.54) is 12.8 Å². The molecule has 2 amide bonds. The average Bonchev–Trinajstić information content (AvgIpc) is 3.07. The molecule has 2 saturated heterocycles. The van der Waals surface area contributed by atoms with E-state index in [2.05, 4.69) is 28.5 Å². The Labute approximate surface area is 130 Å². The van der Waals surface area contributed by atoms with E-state index >= 15 is 0 Å². The first-order valence-electron chi connectivity index (χ1n) is 8.35. The molecule has 4 rings (SSSR count). The fraction of sp³-hybridized carbons (Fsp3) is 0.800. The van der Waals surface area contributed by atoms with E-state index in [0.29, 0.717) is 5.92 Å². The van der Waals surface area contributed by atoms with E-state index in [1.807, 2.05) is 14.5 Å². The van der Waals surface area contributed by atoms with Crippen LogP contribution in [0.2, 0.25) is 0 Å². The summed E-state index contributed by atoms with van der Waals surface area (Å²) in [6, 6.07) is 0.481. The maximum absolute atomic E-state index is 12.6. The van der Waals surface area contributed by atoms with Crippen molar-refractivity contribution in [2.24, 2.45) is 0 Å². The summed E-state index contributed by atoms with van der Waals surface area (Å²) in [6.07, 6.45) is 5.56. The quantitative estimate of drug-likeness (QED) is 0.810. The van der Waals surface area contributed by atoms with Crippen molar-refractivity contribution < 1.29 is 4.79 Å². The summed E-state index contributed by atoms with van der Waals surface area (Å²) in [5.41, 5.74) is 1.13. The van der Waals surface area contributed by atoms with Crippen LogP contribution < -0.4 is 0 Å². The molecule has 22 heavy (non-hydrogen) atoms. The summed E-state index contributed by atoms with van der Waals surface area (Å²) in [5.74, 6) is 0.637. The van der Waals surface area contributed by atoms with Crippen LogP contribution in [-0.2, 0) is 0 Å². The molecule has 120 valence electrons. The van der Waals surface area contributed by atoms with Crippen molar-refractivity contribution in [1.82, 2.24) is 29.7 Å². The molecule has 1 saturated carbocycles. The predicted molar refractivity (Wildman–Crippen MR) is 81.7 cm³/mol. The highest BCUT2D eigenvalue weighted by atomic mass is 16.2. The number of piperazine rings is 1. The SMILES string of the molecule is CN1CCN(C(=O)N2CCC(n3cc(C4CC4)nn3)C2)CC1. The Morgan fingerprint density at radius 1 is 1.09 bits per heavy atom. The zero-order valence-corrected chi connectivity index (χ0v) is 13.2. The second-order valence-corrected chi connectivity index (χ2v) is 6.86. The Morgan fingerprint density at radius 3 is 2.59 bits per heavy atom. The van der Waals surface area contributed by atoms with Gasteiger partial charge < -0.3 is 14.7 Å². The molecule has 1 aromatic heterocycles. The zero-order valence-electron chi connectivity index (χ0n) is 13.2. The van der Waals surface area contributed by atoms with Gasteiger partial charge >= 0.3 is 6.03 Å². The van der Waals surface area contributed by atoms with Gasteiger partial charge in [0, 0.05) is 51.4 Å². The maximum atomic E-state index is 12.6. The lowest BCUT2D eigenvalue weighted by Gasteiger charge is -2.34. The van der Waals surface area contributed by atoms with E-state index in [-0.39, 0.29) is 12.1 Å². The fourth-order valence-electron chi connectivity index (χ4n) is 3.36. The molecule has 0 aromatic carbocycles. The van der Waals surface area contributed by atoms with Crippen LogP contribution in [0.25, 0.3) is 0 Å². The van der Waals surface area contributed by atoms with Crippen LogP contribution in [0.15, 0.2) is 6.20 Å². The number of likely N-dealkylation sites (tertiary alicyclic amines) is 1. The van der Waals surface area contributed by atoms with Crippen molar-refractivity contribution in [3.63, 3.8) is 0 Å². The second-order valence-electron chi connectivity index (χ2n) is 6.86. The number of urea groups is 1. The first-order valence-corrected chi connectivity index (χ1v) is 8.35. The van der Waals surface area contributed by atoms with Gasteiger partial charge in [-0.2, -0.15) is 0 Å². The monoisotopic (exact) mass is 304 g/mol. The van der Waals surface area contributed by atoms with Crippen LogP contribution in [0.5, 0.6) is 0 Å². The van der Waals surface area contributed by atoms with Gasteiger partial charge in [0.1, 0.15) is 0 Å². The molecule has 3 fully saturated rings. The van der Waals surface area contributed by atoms with Crippen molar-refractivity contribution in [3.05, 3.63) is 11.9 Å². The van der Waals surface area contributed by atoms with E-state index in [0.717, 1.165) is 51.4 Å². The Morgan fingerprint density at radius 2 is 1.86 bits per heavy atom. The van der Waals surface area contributed by atoms with Gasteiger partial charge in [-0.3, -0.25) is 0 Å². The van der Waals surface area contributed by atoms with Crippen LogP contribution in [0.1, 0.15) is 36.9 Å². The topological polar surface area (TPSA) is 57.5 Å². The van der Waals surface area contributed by atoms with Gasteiger partial charge in [-0.1, -0.05) is 5.21 Å². The molecule has 1 atom stereocenters. The number of amides is 2. The molecule has 1 aliphatic carbocycles. The smallest absolute Gasteiger partial charge is 0.320 e. The Hall–Kier alpha value is -1.63. The lowest BCUT2D eigenvalue weighted by atomic mass is 10.2. The van der Waals surface area contributed by atoms with Crippen molar-refractivity contribution >= 4 is 6.03 Å². The number of carbonyl (C=O) groups excluding carboxylic acids is 1. The minimum atomic E-state index is 0.193. The Balaban J connectivity index is 1.35. The highest BCUT2D eigenvalue weighted by Crippen LogP contribution is 2.39. The van der Waals surface area contributed by atoms with Gasteiger partial charge in [-0.15, -0.1) is 5.10 Å². The summed E-state index contributed by atoms with van der Waals surface area (Å²) in [7, 11) is 2.11. The van der Waals surface area contributed by atoms with Gasteiger partial charge in [0.25, 0.3) is 0 Å². The molecule has 1 aromatic rings. The van der Waals surface area contributed by atoms with Crippen LogP contribution in [0.3, 0.4) is 0 Å². The molecule has 0 radical (unpaired) electrons. The molecule has 7 nitrogen and oxygen atoms in total. The van der Waals surface area contributed by atoms with E-state index < -0.39 is 0 Å². The number of aromatic nitrogens is 3. The van der Waals surface area contributed by atoms with Crippen molar-refractivity contribution in [3.8, 4) is 0 Å². The summed E-state index contributed by atoms with van der Waals surface area (Å²) in [4.78, 5) is 18.8. The number of hydrogen-bond donors (Lipinski definition) is 0. The second kappa shape index (κ2) is 5.53. The lowest BCUT2D eigenvalue weighted by Crippen LogP contribution is -2.51. The van der Waals surface area contributed by atoms with E-state index in [4.69, 9.17) is 0 Å². The number of rotatable bonds is 2. The van der Waals surface area contributed by atoms with Crippen molar-refractivity contribution in [2.45, 2.75) is 31.2 Å². The minimum Gasteiger partial charge on any atom is -0.322 e. The third kappa shape index (κ3) is 2.69. The van der Waals surface area contributed by atoms with Gasteiger partial charge in [-0.05, 0) is 26.3 Å². The molecule has 2 aliphatic heterocycles. The van der Waals surface area contributed by atoms with Gasteiger partial charge in [0.15, 0.2) is 0 Å². The Kier molecular flexibility index (Phi) is 3.52. The molecule has 3 aliphatic rings. The normalized spacial score (nSPS) is 26.7. The Bertz CT molecular complexity index is 546. The van der Waals surface area contributed by atoms with Crippen molar-refractivity contribution in [1.29, 1.82) is 0 Å². The number of carbonyl (C=O) groups is 1. The molecule has 0 spiro atoms. The van der Waals surface area contributed by atoms with Crippen LogP contribution in [0, 0.1) is 0 Å². The molecule has 0 N–H and O–H groups in total. The van der Waals surface area contributed by atoms with Crippen LogP contribution in [-0.4, -0.2) is 82.0 Å². The van der Waals surface area contributed by atoms with Crippen molar-refractivity contribution in [2.75, 3.05) is 46.3 Å². The third-order valence-corrected chi connectivity index (χ3v) is 5.11. The molecule has 0 bridgehead atoms. The minimum absolute atomic E-state index is 0.193. The average molecular weight is 304 g/mol. The van der Waals surface area contributed by atoms with Crippen LogP contribution in [0.4, 0.5) is 4.79 Å². The van der Waals surface area contributed by atoms with Gasteiger partial charge in [0.2, 0.25) is 0 Å². The maximum Gasteiger partial charge on any atom is 0.320 e. The number of hydrogen-bond acceptors (Lipinski definition) is 4. The predicted octanol–water partition coefficient (Wildman–Crippen LogP) is 0.770. The number of likely N-dealkylation sites (N-methyl/N-ethyl adjacent to an activating group) is 1. The summed E-state index contributed by atoms with van der Waals surface area (Å²) >= 11 is 0. The third-order valence-electron chi connectivity index (χ3n) is 5.11. The summed E-state index contributed by atoms with van der Waals surface area (Å²) < 4.78 is 1.98. The molecule has 7 heteroatoms. The van der Waals surface area contributed by atoms with Gasteiger partial charge in [0.05, 0.1) is 11.7 Å². The highest BCUT2D eigenvalue weighted by molar-refractivity contribution is 5.75. The largest absolute Gasteiger partial charge is 0.322 e. The number of nitrogens with zero attached hydrogens (tertiary/aromatic N) is 6. The van der Waals surface area contributed by atoms with E-state index in [1.54, 1.807) is 0 Å². The zero-order chi connectivity index (χ0) is 15.1. The highest BCUT2D eigenvalue weighted by Gasteiger charge is 2.33. The summed E-state index contributed by atoms with van der Waals surface area (Å²) in [6.45, 7) is 5.21. The first-order chi connectivity index (χ1) is 10.7. The lowest BCUT2D eigenvalue weighted by molar-refractivity contribution is 0.128. The molecular weight excluding hydrogens is 280 g/mol. The first kappa shape index (κ1) is 14.0. The molecular formula is C15H24N6O. The standard InChI is InChI=1S/C15H24N6O/c1-18-6-8-19(9-7-18)15(22)20-5-4-13(10-20)21-11-14(16-17-21)12-2-3-12/h11-13H,2-10H2,1H3. The molecule has 1 unspecified atom stereocenters. The molecule has 3 heterocycles. The van der Waals surface area contributed by atoms with E-state index in [9.17, 15) is 4.79 Å². The van der Waals surface area contributed by atoms with Crippen LogP contribution >= 0.6 is 0 Å². The van der Waals surface area contributed by atoms with Gasteiger partial charge in [-0.25, -0.2) is 9.48 Å².